The van der Waals surface area contributed by atoms with Crippen molar-refractivity contribution in [3.63, 3.8) is 0 Å². The summed E-state index contributed by atoms with van der Waals surface area (Å²) in [7, 11) is 0. The SMILES string of the molecule is CC(NC1CCOC1C1CC1)c1ccc(O)cc1. The van der Waals surface area contributed by atoms with Gasteiger partial charge < -0.3 is 15.2 Å². The van der Waals surface area contributed by atoms with Crippen LogP contribution < -0.4 is 5.32 Å². The van der Waals surface area contributed by atoms with Crippen LogP contribution in [-0.4, -0.2) is 23.9 Å². The maximum Gasteiger partial charge on any atom is 0.115 e. The number of rotatable bonds is 4. The van der Waals surface area contributed by atoms with E-state index in [0.29, 0.717) is 23.9 Å². The van der Waals surface area contributed by atoms with E-state index in [0.717, 1.165) is 18.9 Å². The minimum absolute atomic E-state index is 0.304. The number of benzene rings is 1. The average Bonchev–Trinajstić information content (AvgIpc) is 3.11. The second-order valence-electron chi connectivity index (χ2n) is 5.55. The summed E-state index contributed by atoms with van der Waals surface area (Å²) < 4.78 is 5.84. The Labute approximate surface area is 108 Å². The fraction of sp³-hybridized carbons (Fsp3) is 0.600. The summed E-state index contributed by atoms with van der Waals surface area (Å²) in [5.41, 5.74) is 1.22. The molecule has 2 N–H and O–H groups in total. The lowest BCUT2D eigenvalue weighted by molar-refractivity contribution is 0.0793. The van der Waals surface area contributed by atoms with Gasteiger partial charge in [0.1, 0.15) is 5.75 Å². The molecule has 0 amide bonds. The standard InChI is InChI=1S/C15H21NO2/c1-10(11-4-6-13(17)7-5-11)16-14-8-9-18-15(14)12-2-3-12/h4-7,10,12,14-17H,2-3,8-9H2,1H3. The predicted molar refractivity (Wildman–Crippen MR) is 70.5 cm³/mol. The van der Waals surface area contributed by atoms with E-state index in [1.165, 1.54) is 18.4 Å². The highest BCUT2D eigenvalue weighted by Crippen LogP contribution is 2.39. The zero-order valence-corrected chi connectivity index (χ0v) is 10.8. The number of aromatic hydroxyl groups is 1. The molecule has 0 spiro atoms. The van der Waals surface area contributed by atoms with Crippen LogP contribution in [-0.2, 0) is 4.74 Å². The van der Waals surface area contributed by atoms with Crippen LogP contribution in [0, 0.1) is 5.92 Å². The summed E-state index contributed by atoms with van der Waals surface area (Å²) in [4.78, 5) is 0. The van der Waals surface area contributed by atoms with E-state index in [1.54, 1.807) is 12.1 Å². The number of nitrogens with one attached hydrogen (secondary N) is 1. The fourth-order valence-corrected chi connectivity index (χ4v) is 2.86. The summed E-state index contributed by atoms with van der Waals surface area (Å²) in [6, 6.07) is 8.25. The Balaban J connectivity index is 1.62. The van der Waals surface area contributed by atoms with Crippen LogP contribution in [0.5, 0.6) is 5.75 Å². The highest BCUT2D eigenvalue weighted by molar-refractivity contribution is 5.27. The number of phenolic OH excluding ortho intramolecular Hbond substituents is 1. The van der Waals surface area contributed by atoms with Crippen molar-refractivity contribution in [3.05, 3.63) is 29.8 Å². The highest BCUT2D eigenvalue weighted by Gasteiger charge is 2.40. The Kier molecular flexibility index (Phi) is 3.27. The van der Waals surface area contributed by atoms with E-state index >= 15 is 0 Å². The Hall–Kier alpha value is -1.06. The molecule has 3 unspecified atom stereocenters. The van der Waals surface area contributed by atoms with Gasteiger partial charge in [-0.3, -0.25) is 0 Å². The molecule has 1 saturated heterocycles. The lowest BCUT2D eigenvalue weighted by atomic mass is 10.0. The molecule has 3 rings (SSSR count). The van der Waals surface area contributed by atoms with Gasteiger partial charge in [0.25, 0.3) is 0 Å². The van der Waals surface area contributed by atoms with Gasteiger partial charge in [-0.05, 0) is 49.8 Å². The lowest BCUT2D eigenvalue weighted by Gasteiger charge is -2.24. The van der Waals surface area contributed by atoms with E-state index in [-0.39, 0.29) is 0 Å². The lowest BCUT2D eigenvalue weighted by Crippen LogP contribution is -2.39. The monoisotopic (exact) mass is 247 g/mol. The largest absolute Gasteiger partial charge is 0.508 e. The molecule has 1 heterocycles. The Morgan fingerprint density at radius 2 is 1.94 bits per heavy atom. The van der Waals surface area contributed by atoms with Crippen molar-refractivity contribution in [2.45, 2.75) is 44.4 Å². The Morgan fingerprint density at radius 1 is 1.22 bits per heavy atom. The van der Waals surface area contributed by atoms with Crippen molar-refractivity contribution < 1.29 is 9.84 Å². The van der Waals surface area contributed by atoms with Gasteiger partial charge >= 0.3 is 0 Å². The first-order valence-electron chi connectivity index (χ1n) is 6.90. The van der Waals surface area contributed by atoms with Gasteiger partial charge in [-0.2, -0.15) is 0 Å². The molecule has 0 bridgehead atoms. The number of hydrogen-bond donors (Lipinski definition) is 2. The molecule has 1 aromatic carbocycles. The van der Waals surface area contributed by atoms with E-state index in [9.17, 15) is 5.11 Å². The number of phenols is 1. The minimum Gasteiger partial charge on any atom is -0.508 e. The smallest absolute Gasteiger partial charge is 0.115 e. The molecule has 3 heteroatoms. The third kappa shape index (κ3) is 2.52. The first kappa shape index (κ1) is 12.0. The van der Waals surface area contributed by atoms with Gasteiger partial charge in [0.2, 0.25) is 0 Å². The topological polar surface area (TPSA) is 41.5 Å². The van der Waals surface area contributed by atoms with Crippen LogP contribution in [0.3, 0.4) is 0 Å². The van der Waals surface area contributed by atoms with Crippen molar-refractivity contribution in [1.29, 1.82) is 0 Å². The van der Waals surface area contributed by atoms with Gasteiger partial charge in [-0.15, -0.1) is 0 Å². The van der Waals surface area contributed by atoms with Gasteiger partial charge in [-0.25, -0.2) is 0 Å². The first-order chi connectivity index (χ1) is 8.74. The van der Waals surface area contributed by atoms with E-state index < -0.39 is 0 Å². The molecule has 0 radical (unpaired) electrons. The average molecular weight is 247 g/mol. The predicted octanol–water partition coefficient (Wildman–Crippen LogP) is 2.61. The summed E-state index contributed by atoms with van der Waals surface area (Å²) in [5.74, 6) is 1.11. The first-order valence-corrected chi connectivity index (χ1v) is 6.90. The molecule has 2 aliphatic rings. The molecule has 3 nitrogen and oxygen atoms in total. The molecule has 1 aromatic rings. The fourth-order valence-electron chi connectivity index (χ4n) is 2.86. The van der Waals surface area contributed by atoms with E-state index in [2.05, 4.69) is 12.2 Å². The van der Waals surface area contributed by atoms with Crippen LogP contribution in [0.15, 0.2) is 24.3 Å². The Morgan fingerprint density at radius 3 is 2.61 bits per heavy atom. The van der Waals surface area contributed by atoms with E-state index in [4.69, 9.17) is 4.74 Å². The quantitative estimate of drug-likeness (QED) is 0.859. The normalized spacial score (nSPS) is 29.4. The van der Waals surface area contributed by atoms with Crippen molar-refractivity contribution >= 4 is 0 Å². The van der Waals surface area contributed by atoms with Crippen molar-refractivity contribution in [2.24, 2.45) is 5.92 Å². The highest BCUT2D eigenvalue weighted by atomic mass is 16.5. The van der Waals surface area contributed by atoms with Crippen molar-refractivity contribution in [3.8, 4) is 5.75 Å². The van der Waals surface area contributed by atoms with Crippen molar-refractivity contribution in [2.75, 3.05) is 6.61 Å². The summed E-state index contributed by atoms with van der Waals surface area (Å²) in [6.45, 7) is 3.07. The molecule has 3 atom stereocenters. The molecule has 2 fully saturated rings. The van der Waals surface area contributed by atoms with E-state index in [1.807, 2.05) is 12.1 Å². The zero-order chi connectivity index (χ0) is 12.5. The molecular weight excluding hydrogens is 226 g/mol. The van der Waals surface area contributed by atoms with Gasteiger partial charge in [0.15, 0.2) is 0 Å². The van der Waals surface area contributed by atoms with Crippen LogP contribution in [0.1, 0.15) is 37.8 Å². The summed E-state index contributed by atoms with van der Waals surface area (Å²) in [5, 5.41) is 13.0. The number of ether oxygens (including phenoxy) is 1. The zero-order valence-electron chi connectivity index (χ0n) is 10.8. The molecule has 1 saturated carbocycles. The molecule has 18 heavy (non-hydrogen) atoms. The molecule has 1 aliphatic carbocycles. The van der Waals surface area contributed by atoms with Crippen LogP contribution in [0.4, 0.5) is 0 Å². The minimum atomic E-state index is 0.304. The van der Waals surface area contributed by atoms with Crippen LogP contribution >= 0.6 is 0 Å². The van der Waals surface area contributed by atoms with Crippen LogP contribution in [0.2, 0.25) is 0 Å². The van der Waals surface area contributed by atoms with Gasteiger partial charge in [0, 0.05) is 18.7 Å². The van der Waals surface area contributed by atoms with Gasteiger partial charge in [-0.1, -0.05) is 12.1 Å². The maximum absolute atomic E-state index is 9.31. The molecule has 0 aromatic heterocycles. The van der Waals surface area contributed by atoms with Gasteiger partial charge in [0.05, 0.1) is 6.10 Å². The van der Waals surface area contributed by atoms with Crippen LogP contribution in [0.25, 0.3) is 0 Å². The maximum atomic E-state index is 9.31. The third-order valence-corrected chi connectivity index (χ3v) is 4.08. The summed E-state index contributed by atoms with van der Waals surface area (Å²) in [6.07, 6.45) is 4.20. The van der Waals surface area contributed by atoms with Crippen molar-refractivity contribution in [1.82, 2.24) is 5.32 Å². The second-order valence-corrected chi connectivity index (χ2v) is 5.55. The summed E-state index contributed by atoms with van der Waals surface area (Å²) >= 11 is 0. The Bertz CT molecular complexity index is 399. The number of hydrogen-bond acceptors (Lipinski definition) is 3. The third-order valence-electron chi connectivity index (χ3n) is 4.08. The molecular formula is C15H21NO2. The second kappa shape index (κ2) is 4.90. The molecule has 98 valence electrons. The molecule has 1 aliphatic heterocycles.